The molecule has 4 nitrogen and oxygen atoms in total. The first-order valence-corrected chi connectivity index (χ1v) is 8.97. The van der Waals surface area contributed by atoms with E-state index in [1.165, 1.54) is 37.7 Å². The van der Waals surface area contributed by atoms with Crippen LogP contribution in [-0.4, -0.2) is 32.2 Å². The third-order valence-electron chi connectivity index (χ3n) is 4.29. The Balaban J connectivity index is 0.00000288. The molecular formula is C19H32IN3O. The maximum atomic E-state index is 5.70. The summed E-state index contributed by atoms with van der Waals surface area (Å²) in [5.41, 5.74) is 1.24. The van der Waals surface area contributed by atoms with Crippen molar-refractivity contribution in [2.24, 2.45) is 4.99 Å². The summed E-state index contributed by atoms with van der Waals surface area (Å²) < 4.78 is 5.70. The van der Waals surface area contributed by atoms with Gasteiger partial charge in [-0.1, -0.05) is 49.6 Å². The quantitative estimate of drug-likeness (QED) is 0.274. The second-order valence-electron chi connectivity index (χ2n) is 6.22. The predicted molar refractivity (Wildman–Crippen MR) is 112 cm³/mol. The van der Waals surface area contributed by atoms with Crippen LogP contribution in [0.2, 0.25) is 0 Å². The summed E-state index contributed by atoms with van der Waals surface area (Å²) in [6.45, 7) is 2.46. The Bertz CT molecular complexity index is 447. The van der Waals surface area contributed by atoms with Crippen LogP contribution in [0.25, 0.3) is 0 Å². The molecule has 1 fully saturated rings. The first-order chi connectivity index (χ1) is 11.4. The van der Waals surface area contributed by atoms with Gasteiger partial charge in [-0.15, -0.1) is 24.0 Å². The molecule has 136 valence electrons. The number of hydrogen-bond donors (Lipinski definition) is 2. The van der Waals surface area contributed by atoms with Crippen LogP contribution >= 0.6 is 24.0 Å². The lowest BCUT2D eigenvalue weighted by Crippen LogP contribution is -2.44. The van der Waals surface area contributed by atoms with Gasteiger partial charge in [-0.25, -0.2) is 0 Å². The topological polar surface area (TPSA) is 45.7 Å². The molecule has 0 unspecified atom stereocenters. The number of hydrogen-bond acceptors (Lipinski definition) is 2. The summed E-state index contributed by atoms with van der Waals surface area (Å²) in [4.78, 5) is 4.32. The number of rotatable bonds is 8. The highest BCUT2D eigenvalue weighted by Crippen LogP contribution is 2.17. The normalized spacial score (nSPS) is 15.6. The molecule has 2 rings (SSSR count). The van der Waals surface area contributed by atoms with E-state index in [0.29, 0.717) is 12.6 Å². The highest BCUT2D eigenvalue weighted by atomic mass is 127. The molecule has 5 heteroatoms. The predicted octanol–water partition coefficient (Wildman–Crippen LogP) is 4.10. The molecule has 1 aliphatic rings. The molecule has 0 amide bonds. The van der Waals surface area contributed by atoms with Gasteiger partial charge < -0.3 is 15.4 Å². The standard InChI is InChI=1S/C19H31N3O.HI/c1-20-19(22-18-12-6-3-7-13-18)21-14-8-9-15-23-16-17-10-4-2-5-11-17;/h2,4-5,10-11,18H,3,6-9,12-16H2,1H3,(H2,20,21,22);1H. The first-order valence-electron chi connectivity index (χ1n) is 8.97. The zero-order chi connectivity index (χ0) is 16.2. The second-order valence-corrected chi connectivity index (χ2v) is 6.22. The highest BCUT2D eigenvalue weighted by molar-refractivity contribution is 14.0. The summed E-state index contributed by atoms with van der Waals surface area (Å²) in [5, 5.41) is 6.95. The molecular weight excluding hydrogens is 413 g/mol. The lowest BCUT2D eigenvalue weighted by molar-refractivity contribution is 0.117. The van der Waals surface area contributed by atoms with Crippen molar-refractivity contribution in [2.75, 3.05) is 20.2 Å². The van der Waals surface area contributed by atoms with Gasteiger partial charge in [0, 0.05) is 26.2 Å². The van der Waals surface area contributed by atoms with Gasteiger partial charge in [-0.3, -0.25) is 4.99 Å². The molecule has 0 radical (unpaired) electrons. The smallest absolute Gasteiger partial charge is 0.191 e. The van der Waals surface area contributed by atoms with E-state index in [-0.39, 0.29) is 24.0 Å². The molecule has 0 aromatic heterocycles. The maximum absolute atomic E-state index is 5.70. The van der Waals surface area contributed by atoms with Gasteiger partial charge in [0.2, 0.25) is 0 Å². The van der Waals surface area contributed by atoms with E-state index in [0.717, 1.165) is 32.0 Å². The number of guanidine groups is 1. The van der Waals surface area contributed by atoms with Gasteiger partial charge in [0.1, 0.15) is 0 Å². The van der Waals surface area contributed by atoms with E-state index >= 15 is 0 Å². The number of unbranched alkanes of at least 4 members (excludes halogenated alkanes) is 1. The molecule has 1 aliphatic carbocycles. The molecule has 0 saturated heterocycles. The molecule has 1 aromatic carbocycles. The molecule has 0 atom stereocenters. The molecule has 0 bridgehead atoms. The average molecular weight is 445 g/mol. The van der Waals surface area contributed by atoms with Crippen molar-refractivity contribution < 1.29 is 4.74 Å². The number of nitrogens with zero attached hydrogens (tertiary/aromatic N) is 1. The summed E-state index contributed by atoms with van der Waals surface area (Å²) >= 11 is 0. The van der Waals surface area contributed by atoms with Crippen molar-refractivity contribution >= 4 is 29.9 Å². The van der Waals surface area contributed by atoms with Gasteiger partial charge in [-0.05, 0) is 31.2 Å². The Morgan fingerprint density at radius 1 is 1.12 bits per heavy atom. The van der Waals surface area contributed by atoms with Crippen molar-refractivity contribution in [1.29, 1.82) is 0 Å². The van der Waals surface area contributed by atoms with Crippen molar-refractivity contribution in [3.8, 4) is 0 Å². The van der Waals surface area contributed by atoms with E-state index in [4.69, 9.17) is 4.74 Å². The maximum Gasteiger partial charge on any atom is 0.191 e. The first kappa shape index (κ1) is 21.2. The minimum Gasteiger partial charge on any atom is -0.377 e. The van der Waals surface area contributed by atoms with Crippen LogP contribution in [0.1, 0.15) is 50.5 Å². The lowest BCUT2D eigenvalue weighted by atomic mass is 9.96. The van der Waals surface area contributed by atoms with Gasteiger partial charge >= 0.3 is 0 Å². The third kappa shape index (κ3) is 8.87. The van der Waals surface area contributed by atoms with Crippen molar-refractivity contribution in [3.63, 3.8) is 0 Å². The number of ether oxygens (including phenoxy) is 1. The molecule has 2 N–H and O–H groups in total. The van der Waals surface area contributed by atoms with Crippen molar-refractivity contribution in [1.82, 2.24) is 10.6 Å². The van der Waals surface area contributed by atoms with Gasteiger partial charge in [0.15, 0.2) is 5.96 Å². The Hall–Kier alpha value is -0.820. The van der Waals surface area contributed by atoms with Gasteiger partial charge in [0.25, 0.3) is 0 Å². The summed E-state index contributed by atoms with van der Waals surface area (Å²) in [7, 11) is 1.85. The molecule has 0 spiro atoms. The fourth-order valence-corrected chi connectivity index (χ4v) is 2.94. The summed E-state index contributed by atoms with van der Waals surface area (Å²) in [6.07, 6.45) is 8.77. The fraction of sp³-hybridized carbons (Fsp3) is 0.632. The Labute approximate surface area is 163 Å². The van der Waals surface area contributed by atoms with Crippen LogP contribution in [0.15, 0.2) is 35.3 Å². The largest absolute Gasteiger partial charge is 0.377 e. The number of benzene rings is 1. The number of aliphatic imine (C=N–C) groups is 1. The summed E-state index contributed by atoms with van der Waals surface area (Å²) in [5.74, 6) is 0.946. The zero-order valence-corrected chi connectivity index (χ0v) is 17.1. The highest BCUT2D eigenvalue weighted by Gasteiger charge is 2.13. The molecule has 1 aromatic rings. The molecule has 24 heavy (non-hydrogen) atoms. The molecule has 1 saturated carbocycles. The Morgan fingerprint density at radius 3 is 2.58 bits per heavy atom. The zero-order valence-electron chi connectivity index (χ0n) is 14.8. The van der Waals surface area contributed by atoms with Crippen molar-refractivity contribution in [3.05, 3.63) is 35.9 Å². The van der Waals surface area contributed by atoms with Crippen molar-refractivity contribution in [2.45, 2.75) is 57.6 Å². The van der Waals surface area contributed by atoms with E-state index in [2.05, 4.69) is 27.8 Å². The number of halogens is 1. The summed E-state index contributed by atoms with van der Waals surface area (Å²) in [6, 6.07) is 10.9. The minimum absolute atomic E-state index is 0. The second kappa shape index (κ2) is 13.5. The van der Waals surface area contributed by atoms with E-state index in [9.17, 15) is 0 Å². The number of nitrogens with one attached hydrogen (secondary N) is 2. The van der Waals surface area contributed by atoms with E-state index in [1.54, 1.807) is 0 Å². The fourth-order valence-electron chi connectivity index (χ4n) is 2.94. The molecule has 0 aliphatic heterocycles. The van der Waals surface area contributed by atoms with Crippen LogP contribution in [-0.2, 0) is 11.3 Å². The van der Waals surface area contributed by atoms with Crippen LogP contribution in [0, 0.1) is 0 Å². The van der Waals surface area contributed by atoms with E-state index in [1.807, 2.05) is 25.2 Å². The monoisotopic (exact) mass is 445 g/mol. The van der Waals surface area contributed by atoms with Crippen LogP contribution < -0.4 is 10.6 Å². The van der Waals surface area contributed by atoms with Gasteiger partial charge in [-0.2, -0.15) is 0 Å². The van der Waals surface area contributed by atoms with Gasteiger partial charge in [0.05, 0.1) is 6.61 Å². The average Bonchev–Trinajstić information content (AvgIpc) is 2.61. The SMILES string of the molecule is CN=C(NCCCCOCc1ccccc1)NC1CCCCC1.I. The van der Waals surface area contributed by atoms with Crippen LogP contribution in [0.5, 0.6) is 0 Å². The van der Waals surface area contributed by atoms with Crippen LogP contribution in [0.3, 0.4) is 0 Å². The Kier molecular flexibility index (Phi) is 11.9. The lowest BCUT2D eigenvalue weighted by Gasteiger charge is -2.24. The molecule has 0 heterocycles. The third-order valence-corrected chi connectivity index (χ3v) is 4.29. The van der Waals surface area contributed by atoms with Crippen LogP contribution in [0.4, 0.5) is 0 Å². The Morgan fingerprint density at radius 2 is 1.88 bits per heavy atom. The minimum atomic E-state index is 0. The van der Waals surface area contributed by atoms with E-state index < -0.39 is 0 Å².